The first-order chi connectivity index (χ1) is 9.56. The third-order valence-electron chi connectivity index (χ3n) is 5.53. The second-order valence-electron chi connectivity index (χ2n) is 6.66. The molecule has 2 saturated carbocycles. The van der Waals surface area contributed by atoms with Gasteiger partial charge in [0.05, 0.1) is 12.6 Å². The zero-order valence-corrected chi connectivity index (χ0v) is 13.1. The highest BCUT2D eigenvalue weighted by molar-refractivity contribution is 5.81. The fraction of sp³-hybridized carbons (Fsp3) is 0.938. The van der Waals surface area contributed by atoms with Gasteiger partial charge in [-0.3, -0.25) is 9.69 Å². The first-order valence-electron chi connectivity index (χ1n) is 8.22. The lowest BCUT2D eigenvalue weighted by Crippen LogP contribution is -2.50. The summed E-state index contributed by atoms with van der Waals surface area (Å²) in [6.45, 7) is 7.58. The highest BCUT2D eigenvalue weighted by Gasteiger charge is 2.42. The summed E-state index contributed by atoms with van der Waals surface area (Å²) in [7, 11) is 0. The van der Waals surface area contributed by atoms with Gasteiger partial charge in [-0.2, -0.15) is 0 Å². The molecule has 2 bridgehead atoms. The standard InChI is InChI=1S/C16H30N2O2/c1-4-18(7-8-19)12(3)16(20)17-11(2)15-10-13-5-6-14(15)9-13/h11-15,19H,4-10H2,1-3H3,(H,17,20). The van der Waals surface area contributed by atoms with Crippen molar-refractivity contribution in [3.8, 4) is 0 Å². The largest absolute Gasteiger partial charge is 0.395 e. The molecule has 0 saturated heterocycles. The van der Waals surface area contributed by atoms with Gasteiger partial charge in [-0.25, -0.2) is 0 Å². The average molecular weight is 282 g/mol. The third-order valence-corrected chi connectivity index (χ3v) is 5.53. The zero-order valence-electron chi connectivity index (χ0n) is 13.1. The molecule has 0 aromatic heterocycles. The maximum absolute atomic E-state index is 12.4. The van der Waals surface area contributed by atoms with Crippen molar-refractivity contribution in [1.29, 1.82) is 0 Å². The Hall–Kier alpha value is -0.610. The van der Waals surface area contributed by atoms with Crippen molar-refractivity contribution >= 4 is 5.91 Å². The molecule has 4 heteroatoms. The summed E-state index contributed by atoms with van der Waals surface area (Å²) in [5.74, 6) is 2.54. The van der Waals surface area contributed by atoms with Crippen molar-refractivity contribution in [3.05, 3.63) is 0 Å². The van der Waals surface area contributed by atoms with Crippen LogP contribution in [-0.4, -0.2) is 47.7 Å². The smallest absolute Gasteiger partial charge is 0.237 e. The molecule has 0 heterocycles. The number of hydrogen-bond acceptors (Lipinski definition) is 3. The van der Waals surface area contributed by atoms with E-state index in [-0.39, 0.29) is 24.6 Å². The van der Waals surface area contributed by atoms with Crippen LogP contribution in [0.4, 0.5) is 0 Å². The zero-order chi connectivity index (χ0) is 14.7. The Bertz CT molecular complexity index is 334. The van der Waals surface area contributed by atoms with Crippen molar-refractivity contribution < 1.29 is 9.90 Å². The average Bonchev–Trinajstić information content (AvgIpc) is 3.06. The van der Waals surface area contributed by atoms with Crippen molar-refractivity contribution in [2.24, 2.45) is 17.8 Å². The van der Waals surface area contributed by atoms with E-state index in [1.165, 1.54) is 25.7 Å². The van der Waals surface area contributed by atoms with Gasteiger partial charge in [-0.05, 0) is 57.4 Å². The van der Waals surface area contributed by atoms with Gasteiger partial charge in [-0.1, -0.05) is 13.3 Å². The Labute approximate surface area is 122 Å². The summed E-state index contributed by atoms with van der Waals surface area (Å²) in [6, 6.07) is 0.126. The lowest BCUT2D eigenvalue weighted by molar-refractivity contribution is -0.127. The highest BCUT2D eigenvalue weighted by Crippen LogP contribution is 2.49. The van der Waals surface area contributed by atoms with Gasteiger partial charge < -0.3 is 10.4 Å². The van der Waals surface area contributed by atoms with Crippen LogP contribution in [0.15, 0.2) is 0 Å². The fourth-order valence-corrected chi connectivity index (χ4v) is 4.28. The van der Waals surface area contributed by atoms with Crippen LogP contribution in [0.3, 0.4) is 0 Å². The lowest BCUT2D eigenvalue weighted by Gasteiger charge is -2.32. The molecule has 0 radical (unpaired) electrons. The minimum absolute atomic E-state index is 0.105. The van der Waals surface area contributed by atoms with Crippen LogP contribution >= 0.6 is 0 Å². The molecule has 2 aliphatic rings. The van der Waals surface area contributed by atoms with Crippen LogP contribution in [0, 0.1) is 17.8 Å². The van der Waals surface area contributed by atoms with Crippen LogP contribution in [0.2, 0.25) is 0 Å². The van der Waals surface area contributed by atoms with Crippen LogP contribution < -0.4 is 5.32 Å². The van der Waals surface area contributed by atoms with E-state index in [2.05, 4.69) is 12.2 Å². The summed E-state index contributed by atoms with van der Waals surface area (Å²) in [6.07, 6.45) is 5.44. The van der Waals surface area contributed by atoms with E-state index >= 15 is 0 Å². The predicted molar refractivity (Wildman–Crippen MR) is 80.3 cm³/mol. The molecule has 2 rings (SSSR count). The molecule has 0 aromatic rings. The van der Waals surface area contributed by atoms with E-state index in [0.29, 0.717) is 12.5 Å². The maximum Gasteiger partial charge on any atom is 0.237 e. The number of fused-ring (bicyclic) bond motifs is 2. The van der Waals surface area contributed by atoms with Gasteiger partial charge >= 0.3 is 0 Å². The summed E-state index contributed by atoms with van der Waals surface area (Å²) in [5.41, 5.74) is 0. The van der Waals surface area contributed by atoms with Crippen LogP contribution in [0.1, 0.15) is 46.5 Å². The van der Waals surface area contributed by atoms with E-state index in [9.17, 15) is 4.79 Å². The molecule has 1 amide bonds. The number of aliphatic hydroxyl groups is 1. The summed E-state index contributed by atoms with van der Waals surface area (Å²) in [4.78, 5) is 14.4. The van der Waals surface area contributed by atoms with Crippen molar-refractivity contribution in [3.63, 3.8) is 0 Å². The molecule has 0 aliphatic heterocycles. The quantitative estimate of drug-likeness (QED) is 0.746. The third kappa shape index (κ3) is 3.34. The number of nitrogens with zero attached hydrogens (tertiary/aromatic N) is 1. The fourth-order valence-electron chi connectivity index (χ4n) is 4.28. The number of carbonyl (C=O) groups is 1. The van der Waals surface area contributed by atoms with Crippen molar-refractivity contribution in [2.75, 3.05) is 19.7 Å². The molecule has 5 unspecified atom stereocenters. The molecule has 5 atom stereocenters. The molecule has 4 nitrogen and oxygen atoms in total. The van der Waals surface area contributed by atoms with Gasteiger partial charge in [0.15, 0.2) is 0 Å². The molecule has 20 heavy (non-hydrogen) atoms. The minimum Gasteiger partial charge on any atom is -0.395 e. The summed E-state index contributed by atoms with van der Waals surface area (Å²) in [5, 5.41) is 12.3. The number of amides is 1. The van der Waals surface area contributed by atoms with Gasteiger partial charge in [0.25, 0.3) is 0 Å². The molecule has 0 aromatic carbocycles. The molecular weight excluding hydrogens is 252 g/mol. The summed E-state index contributed by atoms with van der Waals surface area (Å²) >= 11 is 0. The number of rotatable bonds is 7. The number of hydrogen-bond donors (Lipinski definition) is 2. The molecule has 2 fully saturated rings. The Morgan fingerprint density at radius 1 is 1.35 bits per heavy atom. The first-order valence-corrected chi connectivity index (χ1v) is 8.22. The van der Waals surface area contributed by atoms with Gasteiger partial charge in [0.2, 0.25) is 5.91 Å². The van der Waals surface area contributed by atoms with E-state index in [1.54, 1.807) is 0 Å². The minimum atomic E-state index is -0.159. The molecule has 2 N–H and O–H groups in total. The monoisotopic (exact) mass is 282 g/mol. The SMILES string of the molecule is CCN(CCO)C(C)C(=O)NC(C)C1CC2CCC1C2. The lowest BCUT2D eigenvalue weighted by atomic mass is 9.84. The molecule has 0 spiro atoms. The van der Waals surface area contributed by atoms with E-state index in [1.807, 2.05) is 18.7 Å². The molecule has 2 aliphatic carbocycles. The predicted octanol–water partition coefficient (Wildman–Crippen LogP) is 1.63. The topological polar surface area (TPSA) is 52.6 Å². The van der Waals surface area contributed by atoms with Crippen molar-refractivity contribution in [2.45, 2.75) is 58.5 Å². The van der Waals surface area contributed by atoms with Gasteiger partial charge in [-0.15, -0.1) is 0 Å². The van der Waals surface area contributed by atoms with Gasteiger partial charge in [0.1, 0.15) is 0 Å². The Morgan fingerprint density at radius 2 is 2.10 bits per heavy atom. The Morgan fingerprint density at radius 3 is 2.60 bits per heavy atom. The van der Waals surface area contributed by atoms with Crippen LogP contribution in [0.25, 0.3) is 0 Å². The number of likely N-dealkylation sites (N-methyl/N-ethyl adjacent to an activating group) is 1. The van der Waals surface area contributed by atoms with Crippen LogP contribution in [-0.2, 0) is 4.79 Å². The Kier molecular flexibility index (Phi) is 5.44. The second-order valence-corrected chi connectivity index (χ2v) is 6.66. The molecular formula is C16H30N2O2. The van der Waals surface area contributed by atoms with Gasteiger partial charge in [0, 0.05) is 12.6 Å². The van der Waals surface area contributed by atoms with E-state index in [0.717, 1.165) is 18.4 Å². The maximum atomic E-state index is 12.4. The number of aliphatic hydroxyl groups excluding tert-OH is 1. The second kappa shape index (κ2) is 6.90. The van der Waals surface area contributed by atoms with E-state index < -0.39 is 0 Å². The van der Waals surface area contributed by atoms with Crippen molar-refractivity contribution in [1.82, 2.24) is 10.2 Å². The normalized spacial score (nSPS) is 31.6. The highest BCUT2D eigenvalue weighted by atomic mass is 16.3. The Balaban J connectivity index is 1.84. The first kappa shape index (κ1) is 15.8. The number of carbonyl (C=O) groups excluding carboxylic acids is 1. The number of nitrogens with one attached hydrogen (secondary N) is 1. The van der Waals surface area contributed by atoms with Crippen LogP contribution in [0.5, 0.6) is 0 Å². The molecule has 116 valence electrons. The van der Waals surface area contributed by atoms with E-state index in [4.69, 9.17) is 5.11 Å². The summed E-state index contributed by atoms with van der Waals surface area (Å²) < 4.78 is 0.